The summed E-state index contributed by atoms with van der Waals surface area (Å²) in [6, 6.07) is 7.30. The molecule has 0 saturated carbocycles. The minimum Gasteiger partial charge on any atom is -0.484 e. The molecule has 3 heterocycles. The largest absolute Gasteiger partial charge is 0.484 e. The van der Waals surface area contributed by atoms with Gasteiger partial charge in [0.2, 0.25) is 11.9 Å². The molecule has 0 radical (unpaired) electrons. The summed E-state index contributed by atoms with van der Waals surface area (Å²) in [5, 5.41) is 4.10. The van der Waals surface area contributed by atoms with Crippen LogP contribution in [-0.4, -0.2) is 46.3 Å². The van der Waals surface area contributed by atoms with Crippen molar-refractivity contribution in [2.45, 2.75) is 25.8 Å². The van der Waals surface area contributed by atoms with Crippen LogP contribution in [0.15, 0.2) is 30.6 Å². The monoisotopic (exact) mass is 341 g/mol. The molecule has 1 aromatic carbocycles. The zero-order valence-corrected chi connectivity index (χ0v) is 13.8. The van der Waals surface area contributed by atoms with E-state index in [0.29, 0.717) is 24.7 Å². The molecule has 1 aromatic heterocycles. The van der Waals surface area contributed by atoms with Crippen LogP contribution in [0.1, 0.15) is 19.3 Å². The zero-order valence-electron chi connectivity index (χ0n) is 13.8. The number of nitrogens with zero attached hydrogens (tertiary/aromatic N) is 5. The Balaban J connectivity index is 1.42. The first-order valence-corrected chi connectivity index (χ1v) is 8.44. The van der Waals surface area contributed by atoms with Gasteiger partial charge in [0.05, 0.1) is 0 Å². The summed E-state index contributed by atoms with van der Waals surface area (Å²) in [6.07, 6.45) is 3.75. The average molecular weight is 341 g/mol. The van der Waals surface area contributed by atoms with Gasteiger partial charge < -0.3 is 9.64 Å². The fourth-order valence-electron chi connectivity index (χ4n) is 3.22. The number of fused-ring (bicyclic) bond motifs is 1. The minimum atomic E-state index is -0.156. The molecular formula is C17H19N5O3. The van der Waals surface area contributed by atoms with Crippen molar-refractivity contribution in [3.05, 3.63) is 30.6 Å². The van der Waals surface area contributed by atoms with Crippen molar-refractivity contribution in [3.63, 3.8) is 0 Å². The molecule has 1 fully saturated rings. The number of anilines is 2. The quantitative estimate of drug-likeness (QED) is 0.835. The van der Waals surface area contributed by atoms with Gasteiger partial charge >= 0.3 is 0 Å². The van der Waals surface area contributed by atoms with E-state index in [1.54, 1.807) is 26.6 Å². The number of amides is 2. The predicted octanol–water partition coefficient (Wildman–Crippen LogP) is 1.22. The molecule has 2 aliphatic rings. The standard InChI is InChI=1S/C17H19N5O3/c23-15-6-2-7-20(15)13-4-1-5-14(10-13)25-11-16(24)21-8-3-9-22-17(21)18-12-19-22/h1,4-5,10,12H,2-3,6-9,11H2. The summed E-state index contributed by atoms with van der Waals surface area (Å²) in [4.78, 5) is 31.8. The highest BCUT2D eigenvalue weighted by Gasteiger charge is 2.25. The lowest BCUT2D eigenvalue weighted by Gasteiger charge is -2.26. The highest BCUT2D eigenvalue weighted by Crippen LogP contribution is 2.25. The maximum atomic E-state index is 12.5. The Labute approximate surface area is 145 Å². The summed E-state index contributed by atoms with van der Waals surface area (Å²) >= 11 is 0. The van der Waals surface area contributed by atoms with E-state index >= 15 is 0 Å². The van der Waals surface area contributed by atoms with Crippen LogP contribution in [0.5, 0.6) is 5.75 Å². The van der Waals surface area contributed by atoms with Crippen LogP contribution >= 0.6 is 0 Å². The Hall–Kier alpha value is -2.90. The Morgan fingerprint density at radius 1 is 1.20 bits per heavy atom. The molecule has 0 aliphatic carbocycles. The second-order valence-electron chi connectivity index (χ2n) is 6.12. The van der Waals surface area contributed by atoms with Gasteiger partial charge in [-0.3, -0.25) is 14.5 Å². The summed E-state index contributed by atoms with van der Waals surface area (Å²) in [7, 11) is 0. The summed E-state index contributed by atoms with van der Waals surface area (Å²) in [5.74, 6) is 1.11. The van der Waals surface area contributed by atoms with Gasteiger partial charge in [0, 0.05) is 37.8 Å². The van der Waals surface area contributed by atoms with Crippen molar-refractivity contribution in [3.8, 4) is 5.75 Å². The Kier molecular flexibility index (Phi) is 4.09. The molecule has 130 valence electrons. The van der Waals surface area contributed by atoms with Crippen molar-refractivity contribution in [1.29, 1.82) is 0 Å². The van der Waals surface area contributed by atoms with E-state index in [2.05, 4.69) is 10.1 Å². The van der Waals surface area contributed by atoms with Crippen molar-refractivity contribution >= 4 is 23.5 Å². The van der Waals surface area contributed by atoms with Gasteiger partial charge in [-0.2, -0.15) is 10.1 Å². The first-order valence-electron chi connectivity index (χ1n) is 8.44. The molecule has 0 N–H and O–H groups in total. The first kappa shape index (κ1) is 15.6. The molecule has 25 heavy (non-hydrogen) atoms. The van der Waals surface area contributed by atoms with Crippen molar-refractivity contribution in [2.75, 3.05) is 29.5 Å². The molecular weight excluding hydrogens is 322 g/mol. The van der Waals surface area contributed by atoms with Gasteiger partial charge in [0.1, 0.15) is 12.1 Å². The van der Waals surface area contributed by atoms with E-state index in [0.717, 1.165) is 31.6 Å². The van der Waals surface area contributed by atoms with Gasteiger partial charge in [-0.1, -0.05) is 6.07 Å². The number of benzene rings is 1. The van der Waals surface area contributed by atoms with Crippen LogP contribution in [0.25, 0.3) is 0 Å². The van der Waals surface area contributed by atoms with Crippen LogP contribution in [0.4, 0.5) is 11.6 Å². The smallest absolute Gasteiger partial charge is 0.267 e. The fraction of sp³-hybridized carbons (Fsp3) is 0.412. The maximum Gasteiger partial charge on any atom is 0.267 e. The Morgan fingerprint density at radius 3 is 2.96 bits per heavy atom. The number of ether oxygens (including phenoxy) is 1. The summed E-state index contributed by atoms with van der Waals surface area (Å²) in [6.45, 7) is 2.03. The third-order valence-corrected chi connectivity index (χ3v) is 4.45. The van der Waals surface area contributed by atoms with E-state index < -0.39 is 0 Å². The van der Waals surface area contributed by atoms with Gasteiger partial charge in [0.25, 0.3) is 5.91 Å². The Morgan fingerprint density at radius 2 is 2.12 bits per heavy atom. The van der Waals surface area contributed by atoms with Crippen LogP contribution < -0.4 is 14.5 Å². The number of hydrogen-bond acceptors (Lipinski definition) is 5. The molecule has 0 bridgehead atoms. The zero-order chi connectivity index (χ0) is 17.2. The lowest BCUT2D eigenvalue weighted by atomic mass is 10.3. The number of carbonyl (C=O) groups excluding carboxylic acids is 2. The minimum absolute atomic E-state index is 0.0791. The average Bonchev–Trinajstić information content (AvgIpc) is 3.28. The predicted molar refractivity (Wildman–Crippen MR) is 90.5 cm³/mol. The second kappa shape index (κ2) is 6.54. The summed E-state index contributed by atoms with van der Waals surface area (Å²) in [5.41, 5.74) is 0.810. The molecule has 8 nitrogen and oxygen atoms in total. The SMILES string of the molecule is O=C1CCCN1c1cccc(OCC(=O)N2CCCn3ncnc32)c1. The van der Waals surface area contributed by atoms with E-state index in [-0.39, 0.29) is 18.4 Å². The normalized spacial score (nSPS) is 16.9. The second-order valence-corrected chi connectivity index (χ2v) is 6.12. The summed E-state index contributed by atoms with van der Waals surface area (Å²) < 4.78 is 7.38. The molecule has 2 aliphatic heterocycles. The van der Waals surface area contributed by atoms with Gasteiger partial charge in [-0.15, -0.1) is 0 Å². The van der Waals surface area contributed by atoms with Crippen molar-refractivity contribution < 1.29 is 14.3 Å². The molecule has 1 saturated heterocycles. The van der Waals surface area contributed by atoms with Gasteiger partial charge in [-0.25, -0.2) is 4.68 Å². The van der Waals surface area contributed by atoms with Crippen LogP contribution in [0, 0.1) is 0 Å². The van der Waals surface area contributed by atoms with Crippen LogP contribution in [-0.2, 0) is 16.1 Å². The fourth-order valence-corrected chi connectivity index (χ4v) is 3.22. The van der Waals surface area contributed by atoms with Gasteiger partial charge in [-0.05, 0) is 25.0 Å². The number of hydrogen-bond donors (Lipinski definition) is 0. The topological polar surface area (TPSA) is 80.6 Å². The van der Waals surface area contributed by atoms with Crippen molar-refractivity contribution in [1.82, 2.24) is 14.8 Å². The van der Waals surface area contributed by atoms with E-state index in [1.807, 2.05) is 12.1 Å². The molecule has 2 aromatic rings. The highest BCUT2D eigenvalue weighted by atomic mass is 16.5. The van der Waals surface area contributed by atoms with Crippen molar-refractivity contribution in [2.24, 2.45) is 0 Å². The maximum absolute atomic E-state index is 12.5. The highest BCUT2D eigenvalue weighted by molar-refractivity contribution is 5.95. The molecule has 8 heteroatoms. The number of rotatable bonds is 4. The number of aryl methyl sites for hydroxylation is 1. The first-order chi connectivity index (χ1) is 12.2. The Bertz CT molecular complexity index is 803. The molecule has 4 rings (SSSR count). The third kappa shape index (κ3) is 3.07. The molecule has 0 atom stereocenters. The van der Waals surface area contributed by atoms with Crippen LogP contribution in [0.3, 0.4) is 0 Å². The van der Waals surface area contributed by atoms with E-state index in [9.17, 15) is 9.59 Å². The van der Waals surface area contributed by atoms with E-state index in [1.165, 1.54) is 6.33 Å². The van der Waals surface area contributed by atoms with Gasteiger partial charge in [0.15, 0.2) is 6.61 Å². The molecule has 0 spiro atoms. The lowest BCUT2D eigenvalue weighted by Crippen LogP contribution is -2.40. The third-order valence-electron chi connectivity index (χ3n) is 4.45. The number of aromatic nitrogens is 3. The molecule has 0 unspecified atom stereocenters. The number of carbonyl (C=O) groups is 2. The van der Waals surface area contributed by atoms with E-state index in [4.69, 9.17) is 4.74 Å². The van der Waals surface area contributed by atoms with Crippen LogP contribution in [0.2, 0.25) is 0 Å². The molecule has 2 amide bonds. The lowest BCUT2D eigenvalue weighted by molar-refractivity contribution is -0.121.